The third-order valence-corrected chi connectivity index (χ3v) is 7.65. The van der Waals surface area contributed by atoms with E-state index < -0.39 is 0 Å². The highest BCUT2D eigenvalue weighted by Gasteiger charge is 2.23. The van der Waals surface area contributed by atoms with Crippen LogP contribution in [0.4, 0.5) is 5.69 Å². The SMILES string of the molecule is COc1cc(C2=C[C@@H](OC)[C@H](NC(=O)CSc3ccncc3)C=C2)ccc1NC(=O)CSc1ccncc1. The Hall–Kier alpha value is -3.60. The lowest BCUT2D eigenvalue weighted by molar-refractivity contribution is -0.119. The minimum Gasteiger partial charge on any atom is -0.495 e. The number of methoxy groups -OCH3 is 2. The molecule has 2 amide bonds. The average molecular weight is 549 g/mol. The van der Waals surface area contributed by atoms with Crippen molar-refractivity contribution in [2.45, 2.75) is 21.9 Å². The number of thioether (sulfide) groups is 2. The van der Waals surface area contributed by atoms with Crippen LogP contribution in [0.1, 0.15) is 5.56 Å². The molecule has 38 heavy (non-hydrogen) atoms. The van der Waals surface area contributed by atoms with Crippen LogP contribution in [0.2, 0.25) is 0 Å². The first-order chi connectivity index (χ1) is 18.6. The summed E-state index contributed by atoms with van der Waals surface area (Å²) in [4.78, 5) is 35.0. The molecule has 1 aromatic carbocycles. The fourth-order valence-electron chi connectivity index (χ4n) is 3.74. The average Bonchev–Trinajstić information content (AvgIpc) is 2.96. The van der Waals surface area contributed by atoms with Crippen molar-refractivity contribution in [2.24, 2.45) is 0 Å². The Kier molecular flexibility index (Phi) is 9.97. The van der Waals surface area contributed by atoms with Gasteiger partial charge in [-0.05, 0) is 53.6 Å². The number of allylic oxidation sites excluding steroid dienone is 2. The molecule has 0 saturated carbocycles. The number of nitrogens with zero attached hydrogens (tertiary/aromatic N) is 2. The highest BCUT2D eigenvalue weighted by atomic mass is 32.2. The standard InChI is InChI=1S/C28H28N4O4S2/c1-35-25-15-19(3-5-23(25)31-27(33)17-37-21-7-11-29-12-8-21)20-4-6-24(26(16-20)36-2)32-28(34)18-38-22-9-13-30-14-10-22/h3-16,23,25H,17-18H2,1-2H3,(H,31,33)(H,32,34)/t23-,25-/m1/s1. The number of nitrogens with one attached hydrogen (secondary N) is 2. The fraction of sp³-hybridized carbons (Fsp3) is 0.214. The van der Waals surface area contributed by atoms with Gasteiger partial charge in [0.2, 0.25) is 11.8 Å². The van der Waals surface area contributed by atoms with Crippen LogP contribution >= 0.6 is 23.5 Å². The number of carbonyl (C=O) groups excluding carboxylic acids is 2. The Morgan fingerprint density at radius 3 is 2.13 bits per heavy atom. The number of benzene rings is 1. The first-order valence-electron chi connectivity index (χ1n) is 11.8. The minimum atomic E-state index is -0.333. The van der Waals surface area contributed by atoms with Gasteiger partial charge in [0, 0.05) is 41.7 Å². The second-order valence-electron chi connectivity index (χ2n) is 8.18. The van der Waals surface area contributed by atoms with Crippen molar-refractivity contribution >= 4 is 46.6 Å². The Morgan fingerprint density at radius 2 is 1.53 bits per heavy atom. The molecule has 2 heterocycles. The van der Waals surface area contributed by atoms with Gasteiger partial charge in [0.25, 0.3) is 0 Å². The Balaban J connectivity index is 1.36. The summed E-state index contributed by atoms with van der Waals surface area (Å²) in [6.07, 6.45) is 12.3. The molecule has 0 bridgehead atoms. The molecule has 0 aliphatic heterocycles. The van der Waals surface area contributed by atoms with Gasteiger partial charge in [-0.2, -0.15) is 0 Å². The number of anilines is 1. The molecular weight excluding hydrogens is 520 g/mol. The quantitative estimate of drug-likeness (QED) is 0.339. The molecule has 2 aromatic heterocycles. The third-order valence-electron chi connectivity index (χ3n) is 5.63. The monoisotopic (exact) mass is 548 g/mol. The lowest BCUT2D eigenvalue weighted by atomic mass is 9.94. The molecular formula is C28H28N4O4S2. The van der Waals surface area contributed by atoms with Crippen molar-refractivity contribution in [1.82, 2.24) is 15.3 Å². The molecule has 0 unspecified atom stereocenters. The summed E-state index contributed by atoms with van der Waals surface area (Å²) in [5.41, 5.74) is 2.43. The van der Waals surface area contributed by atoms with E-state index >= 15 is 0 Å². The molecule has 1 aliphatic carbocycles. The van der Waals surface area contributed by atoms with E-state index in [2.05, 4.69) is 20.6 Å². The molecule has 10 heteroatoms. The van der Waals surface area contributed by atoms with Gasteiger partial charge in [0.05, 0.1) is 36.4 Å². The summed E-state index contributed by atoms with van der Waals surface area (Å²) in [5.74, 6) is 0.912. The number of hydrogen-bond acceptors (Lipinski definition) is 8. The van der Waals surface area contributed by atoms with Crippen molar-refractivity contribution in [3.8, 4) is 5.75 Å². The first-order valence-corrected chi connectivity index (χ1v) is 13.8. The second kappa shape index (κ2) is 13.8. The van der Waals surface area contributed by atoms with Gasteiger partial charge >= 0.3 is 0 Å². The Bertz CT molecular complexity index is 1300. The van der Waals surface area contributed by atoms with E-state index in [0.29, 0.717) is 17.2 Å². The Morgan fingerprint density at radius 1 is 0.895 bits per heavy atom. The van der Waals surface area contributed by atoms with Crippen molar-refractivity contribution in [3.63, 3.8) is 0 Å². The molecule has 3 aromatic rings. The van der Waals surface area contributed by atoms with Crippen LogP contribution in [0.25, 0.3) is 5.57 Å². The highest BCUT2D eigenvalue weighted by molar-refractivity contribution is 8.00. The number of amides is 2. The summed E-state index contributed by atoms with van der Waals surface area (Å²) >= 11 is 2.89. The number of rotatable bonds is 11. The zero-order chi connectivity index (χ0) is 26.7. The normalized spacial score (nSPS) is 16.4. The number of ether oxygens (including phenoxy) is 2. The summed E-state index contributed by atoms with van der Waals surface area (Å²) in [7, 11) is 3.19. The van der Waals surface area contributed by atoms with Gasteiger partial charge in [-0.15, -0.1) is 23.5 Å². The maximum atomic E-state index is 12.5. The number of pyridine rings is 2. The van der Waals surface area contributed by atoms with Crippen LogP contribution in [-0.4, -0.2) is 59.7 Å². The topological polar surface area (TPSA) is 102 Å². The van der Waals surface area contributed by atoms with E-state index in [-0.39, 0.29) is 29.7 Å². The zero-order valence-corrected chi connectivity index (χ0v) is 22.6. The van der Waals surface area contributed by atoms with Crippen molar-refractivity contribution in [1.29, 1.82) is 0 Å². The summed E-state index contributed by atoms with van der Waals surface area (Å²) in [5, 5.41) is 5.95. The number of hydrogen-bond donors (Lipinski definition) is 2. The predicted octanol–water partition coefficient (Wildman–Crippen LogP) is 4.46. The van der Waals surface area contributed by atoms with Gasteiger partial charge in [-0.3, -0.25) is 19.6 Å². The van der Waals surface area contributed by atoms with Gasteiger partial charge < -0.3 is 20.1 Å². The molecule has 0 saturated heterocycles. The third kappa shape index (κ3) is 7.70. The van der Waals surface area contributed by atoms with Crippen LogP contribution in [0.3, 0.4) is 0 Å². The number of carbonyl (C=O) groups is 2. The van der Waals surface area contributed by atoms with Crippen molar-refractivity contribution in [3.05, 3.63) is 91.0 Å². The van der Waals surface area contributed by atoms with Crippen LogP contribution in [-0.2, 0) is 14.3 Å². The van der Waals surface area contributed by atoms with Gasteiger partial charge in [0.15, 0.2) is 0 Å². The lowest BCUT2D eigenvalue weighted by Gasteiger charge is -2.26. The van der Waals surface area contributed by atoms with Gasteiger partial charge in [-0.1, -0.05) is 18.2 Å². The summed E-state index contributed by atoms with van der Waals surface area (Å²) < 4.78 is 11.2. The molecule has 0 radical (unpaired) electrons. The van der Waals surface area contributed by atoms with E-state index in [0.717, 1.165) is 20.9 Å². The maximum absolute atomic E-state index is 12.5. The predicted molar refractivity (Wildman–Crippen MR) is 151 cm³/mol. The van der Waals surface area contributed by atoms with Crippen molar-refractivity contribution < 1.29 is 19.1 Å². The van der Waals surface area contributed by atoms with E-state index in [9.17, 15) is 9.59 Å². The van der Waals surface area contributed by atoms with Crippen LogP contribution in [0, 0.1) is 0 Å². The van der Waals surface area contributed by atoms with E-state index in [1.807, 2.05) is 60.7 Å². The van der Waals surface area contributed by atoms with Gasteiger partial charge in [-0.25, -0.2) is 0 Å². The van der Waals surface area contributed by atoms with Gasteiger partial charge in [0.1, 0.15) is 5.75 Å². The molecule has 196 valence electrons. The number of aromatic nitrogens is 2. The zero-order valence-electron chi connectivity index (χ0n) is 21.0. The molecule has 2 atom stereocenters. The second-order valence-corrected chi connectivity index (χ2v) is 10.3. The first kappa shape index (κ1) is 27.4. The summed E-state index contributed by atoms with van der Waals surface area (Å²) in [6.45, 7) is 0. The molecule has 4 rings (SSSR count). The largest absolute Gasteiger partial charge is 0.495 e. The smallest absolute Gasteiger partial charge is 0.234 e. The minimum absolute atomic E-state index is 0.0794. The van der Waals surface area contributed by atoms with Crippen LogP contribution in [0.15, 0.2) is 95.3 Å². The molecule has 1 aliphatic rings. The van der Waals surface area contributed by atoms with E-state index in [1.165, 1.54) is 23.5 Å². The van der Waals surface area contributed by atoms with Crippen LogP contribution in [0.5, 0.6) is 5.75 Å². The molecule has 2 N–H and O–H groups in total. The fourth-order valence-corrected chi connectivity index (χ4v) is 5.12. The van der Waals surface area contributed by atoms with E-state index in [1.54, 1.807) is 39.0 Å². The molecule has 0 fully saturated rings. The molecule has 8 nitrogen and oxygen atoms in total. The lowest BCUT2D eigenvalue weighted by Crippen LogP contribution is -2.43. The van der Waals surface area contributed by atoms with E-state index in [4.69, 9.17) is 9.47 Å². The Labute approximate surface area is 230 Å². The van der Waals surface area contributed by atoms with Crippen LogP contribution < -0.4 is 15.4 Å². The van der Waals surface area contributed by atoms with Crippen molar-refractivity contribution in [2.75, 3.05) is 31.0 Å². The molecule has 0 spiro atoms. The maximum Gasteiger partial charge on any atom is 0.234 e. The summed E-state index contributed by atoms with van der Waals surface area (Å²) in [6, 6.07) is 12.8. The highest BCUT2D eigenvalue weighted by Crippen LogP contribution is 2.31.